The van der Waals surface area contributed by atoms with Crippen molar-refractivity contribution in [2.24, 2.45) is 0 Å². The largest absolute Gasteiger partial charge is 0.317 e. The summed E-state index contributed by atoms with van der Waals surface area (Å²) >= 11 is 0. The van der Waals surface area contributed by atoms with Crippen LogP contribution in [0.1, 0.15) is 39.5 Å². The van der Waals surface area contributed by atoms with Crippen LogP contribution in [0.4, 0.5) is 0 Å². The van der Waals surface area contributed by atoms with Crippen LogP contribution in [0.15, 0.2) is 91.0 Å². The van der Waals surface area contributed by atoms with Crippen molar-refractivity contribution in [3.8, 4) is 0 Å². The molecule has 0 spiro atoms. The highest BCUT2D eigenvalue weighted by molar-refractivity contribution is 7.79. The van der Waals surface area contributed by atoms with Gasteiger partial charge in [0.15, 0.2) is 0 Å². The van der Waals surface area contributed by atoms with Gasteiger partial charge in [-0.1, -0.05) is 118 Å². The monoisotopic (exact) mass is 391 g/mol. The lowest BCUT2D eigenvalue weighted by molar-refractivity contribution is 0.611. The standard InChI is InChI=1S/C18H15P.C8H19N/c1-4-10-16(11-5-1)19(17-12-6-2-7-13-17)18-14-8-3-9-15-18;1-3-5-7-9-8-6-4-2/h1-15H;9H,3-8H2,1-2H3. The summed E-state index contributed by atoms with van der Waals surface area (Å²) in [6.07, 6.45) is 5.26. The normalized spacial score (nSPS) is 10.4. The van der Waals surface area contributed by atoms with Crippen molar-refractivity contribution < 1.29 is 0 Å². The lowest BCUT2D eigenvalue weighted by Gasteiger charge is -2.18. The fraction of sp³-hybridized carbons (Fsp3) is 0.308. The number of hydrogen-bond donors (Lipinski definition) is 1. The Balaban J connectivity index is 0.000000266. The minimum absolute atomic E-state index is 0.446. The number of benzene rings is 3. The van der Waals surface area contributed by atoms with E-state index in [9.17, 15) is 0 Å². The maximum absolute atomic E-state index is 3.39. The van der Waals surface area contributed by atoms with Gasteiger partial charge in [-0.05, 0) is 49.8 Å². The Morgan fingerprint density at radius 3 is 1.14 bits per heavy atom. The molecule has 2 heteroatoms. The van der Waals surface area contributed by atoms with Crippen LogP contribution in [-0.4, -0.2) is 13.1 Å². The number of unbranched alkanes of at least 4 members (excludes halogenated alkanes) is 2. The average molecular weight is 392 g/mol. The van der Waals surface area contributed by atoms with Gasteiger partial charge in [0.1, 0.15) is 0 Å². The van der Waals surface area contributed by atoms with Crippen LogP contribution in [-0.2, 0) is 0 Å². The van der Waals surface area contributed by atoms with Crippen LogP contribution in [0.25, 0.3) is 0 Å². The summed E-state index contributed by atoms with van der Waals surface area (Å²) < 4.78 is 0. The summed E-state index contributed by atoms with van der Waals surface area (Å²) in [4.78, 5) is 0. The van der Waals surface area contributed by atoms with Crippen LogP contribution in [0, 0.1) is 0 Å². The highest BCUT2D eigenvalue weighted by Gasteiger charge is 2.14. The van der Waals surface area contributed by atoms with Gasteiger partial charge < -0.3 is 5.32 Å². The lowest BCUT2D eigenvalue weighted by Crippen LogP contribution is -2.20. The maximum Gasteiger partial charge on any atom is -0.00490 e. The minimum atomic E-state index is -0.446. The fourth-order valence-electron chi connectivity index (χ4n) is 2.91. The molecule has 0 heterocycles. The third kappa shape index (κ3) is 7.97. The summed E-state index contributed by atoms with van der Waals surface area (Å²) in [6, 6.07) is 32.3. The molecule has 0 aliphatic rings. The Labute approximate surface area is 173 Å². The second-order valence-corrected chi connectivity index (χ2v) is 9.02. The molecule has 0 aliphatic heterocycles. The van der Waals surface area contributed by atoms with Gasteiger partial charge in [0.2, 0.25) is 0 Å². The van der Waals surface area contributed by atoms with E-state index in [0.717, 1.165) is 0 Å². The molecule has 0 unspecified atom stereocenters. The van der Waals surface area contributed by atoms with Gasteiger partial charge in [-0.25, -0.2) is 0 Å². The first kappa shape index (κ1) is 22.3. The molecule has 28 heavy (non-hydrogen) atoms. The van der Waals surface area contributed by atoms with Crippen LogP contribution in [0.3, 0.4) is 0 Å². The molecular weight excluding hydrogens is 357 g/mol. The molecule has 0 saturated heterocycles. The zero-order valence-electron chi connectivity index (χ0n) is 17.4. The van der Waals surface area contributed by atoms with E-state index in [2.05, 4.69) is 110 Å². The van der Waals surface area contributed by atoms with E-state index in [1.54, 1.807) is 0 Å². The highest BCUT2D eigenvalue weighted by atomic mass is 31.1. The summed E-state index contributed by atoms with van der Waals surface area (Å²) in [5.41, 5.74) is 0. The van der Waals surface area contributed by atoms with E-state index in [0.29, 0.717) is 0 Å². The fourth-order valence-corrected chi connectivity index (χ4v) is 5.21. The first-order valence-electron chi connectivity index (χ1n) is 10.5. The average Bonchev–Trinajstić information content (AvgIpc) is 2.77. The van der Waals surface area contributed by atoms with E-state index in [4.69, 9.17) is 0 Å². The Morgan fingerprint density at radius 1 is 0.536 bits per heavy atom. The molecule has 0 amide bonds. The summed E-state index contributed by atoms with van der Waals surface area (Å²) in [5, 5.41) is 7.58. The molecule has 0 atom stereocenters. The summed E-state index contributed by atoms with van der Waals surface area (Å²) in [7, 11) is -0.446. The molecule has 148 valence electrons. The van der Waals surface area contributed by atoms with Gasteiger partial charge in [-0.2, -0.15) is 0 Å². The molecule has 1 N–H and O–H groups in total. The second kappa shape index (κ2) is 14.1. The van der Waals surface area contributed by atoms with Crippen molar-refractivity contribution in [3.05, 3.63) is 91.0 Å². The van der Waals surface area contributed by atoms with Crippen molar-refractivity contribution in [1.29, 1.82) is 0 Å². The quantitative estimate of drug-likeness (QED) is 0.369. The molecule has 1 nitrogen and oxygen atoms in total. The second-order valence-electron chi connectivity index (χ2n) is 6.80. The topological polar surface area (TPSA) is 12.0 Å². The van der Waals surface area contributed by atoms with Gasteiger partial charge >= 0.3 is 0 Å². The highest BCUT2D eigenvalue weighted by Crippen LogP contribution is 2.32. The van der Waals surface area contributed by atoms with E-state index in [1.807, 2.05) is 0 Å². The number of nitrogens with one attached hydrogen (secondary N) is 1. The van der Waals surface area contributed by atoms with E-state index in [-0.39, 0.29) is 0 Å². The lowest BCUT2D eigenvalue weighted by atomic mass is 10.3. The van der Waals surface area contributed by atoms with Gasteiger partial charge in [-0.3, -0.25) is 0 Å². The van der Waals surface area contributed by atoms with Crippen molar-refractivity contribution in [3.63, 3.8) is 0 Å². The van der Waals surface area contributed by atoms with Gasteiger partial charge in [0.25, 0.3) is 0 Å². The first-order chi connectivity index (χ1) is 13.9. The molecule has 0 aliphatic carbocycles. The zero-order chi connectivity index (χ0) is 19.9. The van der Waals surface area contributed by atoms with Gasteiger partial charge in [0, 0.05) is 0 Å². The molecule has 0 fully saturated rings. The molecule has 3 rings (SSSR count). The van der Waals surface area contributed by atoms with E-state index in [1.165, 1.54) is 54.7 Å². The molecule has 0 radical (unpaired) electrons. The Hall–Kier alpha value is -1.95. The zero-order valence-corrected chi connectivity index (χ0v) is 18.2. The molecular formula is C26H34NP. The Kier molecular flexibility index (Phi) is 11.3. The molecule has 0 bridgehead atoms. The molecule has 3 aromatic carbocycles. The van der Waals surface area contributed by atoms with Crippen molar-refractivity contribution in [2.75, 3.05) is 13.1 Å². The Morgan fingerprint density at radius 2 is 0.857 bits per heavy atom. The summed E-state index contributed by atoms with van der Waals surface area (Å²) in [5.74, 6) is 0. The predicted octanol–water partition coefficient (Wildman–Crippen LogP) is 5.62. The van der Waals surface area contributed by atoms with E-state index >= 15 is 0 Å². The van der Waals surface area contributed by atoms with Crippen LogP contribution >= 0.6 is 7.92 Å². The smallest absolute Gasteiger partial charge is 0.00490 e. The SMILES string of the molecule is CCCCNCCCC.c1ccc(P(c2ccccc2)c2ccccc2)cc1. The van der Waals surface area contributed by atoms with Crippen molar-refractivity contribution >= 4 is 23.8 Å². The number of hydrogen-bond acceptors (Lipinski definition) is 1. The predicted molar refractivity (Wildman–Crippen MR) is 128 cm³/mol. The first-order valence-corrected chi connectivity index (χ1v) is 11.9. The molecule has 0 aromatic heterocycles. The maximum atomic E-state index is 3.39. The summed E-state index contributed by atoms with van der Waals surface area (Å²) in [6.45, 7) is 6.86. The van der Waals surface area contributed by atoms with Crippen LogP contribution in [0.5, 0.6) is 0 Å². The molecule has 3 aromatic rings. The third-order valence-electron chi connectivity index (χ3n) is 4.46. The molecule has 0 saturated carbocycles. The van der Waals surface area contributed by atoms with Crippen molar-refractivity contribution in [2.45, 2.75) is 39.5 Å². The van der Waals surface area contributed by atoms with Gasteiger partial charge in [-0.15, -0.1) is 0 Å². The third-order valence-corrected chi connectivity index (χ3v) is 6.90. The van der Waals surface area contributed by atoms with Gasteiger partial charge in [0.05, 0.1) is 0 Å². The van der Waals surface area contributed by atoms with Crippen LogP contribution in [0.2, 0.25) is 0 Å². The van der Waals surface area contributed by atoms with Crippen LogP contribution < -0.4 is 21.2 Å². The van der Waals surface area contributed by atoms with Crippen molar-refractivity contribution in [1.82, 2.24) is 5.32 Å². The number of rotatable bonds is 9. The minimum Gasteiger partial charge on any atom is -0.317 e. The Bertz CT molecular complexity index is 628. The van der Waals surface area contributed by atoms with E-state index < -0.39 is 7.92 Å².